The maximum Gasteiger partial charge on any atom is 0.339 e. The Morgan fingerprint density at radius 3 is 2.35 bits per heavy atom. The van der Waals surface area contributed by atoms with E-state index in [1.807, 2.05) is 67.6 Å². The van der Waals surface area contributed by atoms with Gasteiger partial charge in [-0.15, -0.1) is 0 Å². The van der Waals surface area contributed by atoms with Crippen LogP contribution >= 0.6 is 0 Å². The van der Waals surface area contributed by atoms with Gasteiger partial charge in [0, 0.05) is 16.5 Å². The van der Waals surface area contributed by atoms with Crippen LogP contribution in [0.2, 0.25) is 0 Å². The first-order valence-electron chi connectivity index (χ1n) is 7.54. The van der Waals surface area contributed by atoms with Crippen LogP contribution in [0.15, 0.2) is 60.7 Å². The lowest BCUT2D eigenvalue weighted by molar-refractivity contribution is 0.0185. The fraction of sp³-hybridized carbons (Fsp3) is 0.150. The highest BCUT2D eigenvalue weighted by molar-refractivity contribution is 5.98. The molecule has 0 aromatic heterocycles. The molecule has 3 aromatic rings. The molecule has 0 N–H and O–H groups in total. The zero-order valence-corrected chi connectivity index (χ0v) is 13.0. The van der Waals surface area contributed by atoms with Crippen molar-refractivity contribution in [2.45, 2.75) is 12.5 Å². The number of rotatable bonds is 2. The second kappa shape index (κ2) is 4.85. The number of benzene rings is 3. The first-order valence-corrected chi connectivity index (χ1v) is 7.54. The molecule has 0 amide bonds. The molecule has 3 aromatic carbocycles. The number of hydrogen-bond donors (Lipinski definition) is 0. The van der Waals surface area contributed by atoms with E-state index >= 15 is 0 Å². The van der Waals surface area contributed by atoms with Crippen molar-refractivity contribution in [3.63, 3.8) is 0 Å². The molecule has 0 aliphatic carbocycles. The highest BCUT2D eigenvalue weighted by atomic mass is 16.6. The van der Waals surface area contributed by atoms with Gasteiger partial charge in [-0.3, -0.25) is 0 Å². The average molecular weight is 304 g/mol. The van der Waals surface area contributed by atoms with E-state index in [-0.39, 0.29) is 5.97 Å². The van der Waals surface area contributed by atoms with Crippen LogP contribution in [0, 0.1) is 0 Å². The van der Waals surface area contributed by atoms with E-state index in [0.29, 0.717) is 5.56 Å². The molecular weight excluding hydrogens is 288 g/mol. The molecule has 23 heavy (non-hydrogen) atoms. The molecule has 114 valence electrons. The standard InChI is InChI=1S/C20H16O3/c1-20(16-10-6-5-9-15(16)19(21)23-20)17-11-12-18(22-2)14-8-4-3-7-13(14)17/h3-12H,1-2H3/t20-/m0/s1. The zero-order chi connectivity index (χ0) is 16.0. The first-order chi connectivity index (χ1) is 11.1. The molecule has 4 rings (SSSR count). The summed E-state index contributed by atoms with van der Waals surface area (Å²) in [6.07, 6.45) is 0. The van der Waals surface area contributed by atoms with Crippen LogP contribution in [0.3, 0.4) is 0 Å². The highest BCUT2D eigenvalue weighted by Crippen LogP contribution is 2.45. The molecule has 0 radical (unpaired) electrons. The Kier molecular flexibility index (Phi) is 2.91. The molecule has 3 nitrogen and oxygen atoms in total. The molecule has 1 aliphatic heterocycles. The van der Waals surface area contributed by atoms with E-state index in [1.54, 1.807) is 7.11 Å². The molecule has 0 unspecified atom stereocenters. The van der Waals surface area contributed by atoms with E-state index in [2.05, 4.69) is 0 Å². The molecule has 0 saturated carbocycles. The smallest absolute Gasteiger partial charge is 0.339 e. The van der Waals surface area contributed by atoms with Crippen LogP contribution in [-0.4, -0.2) is 13.1 Å². The number of fused-ring (bicyclic) bond motifs is 2. The lowest BCUT2D eigenvalue weighted by atomic mass is 9.84. The van der Waals surface area contributed by atoms with Crippen LogP contribution in [-0.2, 0) is 10.3 Å². The summed E-state index contributed by atoms with van der Waals surface area (Å²) in [6.45, 7) is 1.95. The van der Waals surface area contributed by atoms with E-state index in [1.165, 1.54) is 0 Å². The Labute approximate surface area is 134 Å². The summed E-state index contributed by atoms with van der Waals surface area (Å²) in [4.78, 5) is 12.3. The number of hydrogen-bond acceptors (Lipinski definition) is 3. The van der Waals surface area contributed by atoms with Crippen molar-refractivity contribution in [1.29, 1.82) is 0 Å². The van der Waals surface area contributed by atoms with Gasteiger partial charge in [0.25, 0.3) is 0 Å². The average Bonchev–Trinajstić information content (AvgIpc) is 2.86. The molecule has 3 heteroatoms. The molecule has 1 atom stereocenters. The number of methoxy groups -OCH3 is 1. The predicted octanol–water partition coefficient (Wildman–Crippen LogP) is 4.28. The van der Waals surface area contributed by atoms with Gasteiger partial charge < -0.3 is 9.47 Å². The minimum absolute atomic E-state index is 0.275. The van der Waals surface area contributed by atoms with Crippen molar-refractivity contribution in [2.24, 2.45) is 0 Å². The van der Waals surface area contributed by atoms with E-state index in [4.69, 9.17) is 9.47 Å². The monoisotopic (exact) mass is 304 g/mol. The Balaban J connectivity index is 2.03. The van der Waals surface area contributed by atoms with Gasteiger partial charge >= 0.3 is 5.97 Å². The Bertz CT molecular complexity index is 929. The van der Waals surface area contributed by atoms with Crippen molar-refractivity contribution >= 4 is 16.7 Å². The second-order valence-electron chi connectivity index (χ2n) is 5.83. The third-order valence-electron chi connectivity index (χ3n) is 4.58. The number of carbonyl (C=O) groups excluding carboxylic acids is 1. The Morgan fingerprint density at radius 1 is 0.870 bits per heavy atom. The van der Waals surface area contributed by atoms with Crippen molar-refractivity contribution in [2.75, 3.05) is 7.11 Å². The van der Waals surface area contributed by atoms with Gasteiger partial charge in [-0.1, -0.05) is 48.5 Å². The maximum atomic E-state index is 12.3. The van der Waals surface area contributed by atoms with Gasteiger partial charge in [0.05, 0.1) is 12.7 Å². The second-order valence-corrected chi connectivity index (χ2v) is 5.83. The van der Waals surface area contributed by atoms with Crippen LogP contribution in [0.25, 0.3) is 10.8 Å². The lowest BCUT2D eigenvalue weighted by Gasteiger charge is -2.26. The minimum atomic E-state index is -0.792. The fourth-order valence-corrected chi connectivity index (χ4v) is 3.44. The molecule has 0 saturated heterocycles. The minimum Gasteiger partial charge on any atom is -0.496 e. The number of cyclic esters (lactones) is 1. The van der Waals surface area contributed by atoms with Crippen molar-refractivity contribution in [3.8, 4) is 5.75 Å². The number of carbonyl (C=O) groups is 1. The summed E-state index contributed by atoms with van der Waals surface area (Å²) in [6, 6.07) is 19.5. The van der Waals surface area contributed by atoms with Crippen molar-refractivity contribution < 1.29 is 14.3 Å². The van der Waals surface area contributed by atoms with Crippen molar-refractivity contribution in [1.82, 2.24) is 0 Å². The Morgan fingerprint density at radius 2 is 1.57 bits per heavy atom. The quantitative estimate of drug-likeness (QED) is 0.663. The molecule has 1 aliphatic rings. The fourth-order valence-electron chi connectivity index (χ4n) is 3.44. The Hall–Kier alpha value is -2.81. The van der Waals surface area contributed by atoms with Gasteiger partial charge in [0.1, 0.15) is 5.75 Å². The zero-order valence-electron chi connectivity index (χ0n) is 13.0. The van der Waals surface area contributed by atoms with Gasteiger partial charge in [-0.05, 0) is 24.4 Å². The predicted molar refractivity (Wildman–Crippen MR) is 88.8 cm³/mol. The van der Waals surface area contributed by atoms with Crippen LogP contribution in [0.5, 0.6) is 5.75 Å². The van der Waals surface area contributed by atoms with Gasteiger partial charge in [-0.25, -0.2) is 4.79 Å². The normalized spacial score (nSPS) is 19.5. The molecule has 0 bridgehead atoms. The molecule has 0 spiro atoms. The molecule has 0 fully saturated rings. The van der Waals surface area contributed by atoms with Gasteiger partial charge in [0.15, 0.2) is 5.60 Å². The van der Waals surface area contributed by atoms with Gasteiger partial charge in [-0.2, -0.15) is 0 Å². The first kappa shape index (κ1) is 13.8. The third kappa shape index (κ3) is 1.86. The summed E-state index contributed by atoms with van der Waals surface area (Å²) in [5.41, 5.74) is 1.71. The highest BCUT2D eigenvalue weighted by Gasteiger charge is 2.43. The van der Waals surface area contributed by atoms with Crippen LogP contribution in [0.1, 0.15) is 28.4 Å². The van der Waals surface area contributed by atoms with Crippen LogP contribution < -0.4 is 4.74 Å². The van der Waals surface area contributed by atoms with Gasteiger partial charge in [0.2, 0.25) is 0 Å². The molecular formula is C20H16O3. The number of ether oxygens (including phenoxy) is 2. The van der Waals surface area contributed by atoms with Crippen molar-refractivity contribution in [3.05, 3.63) is 77.4 Å². The lowest BCUT2D eigenvalue weighted by Crippen LogP contribution is -2.23. The summed E-state index contributed by atoms with van der Waals surface area (Å²) in [5.74, 6) is 0.536. The maximum absolute atomic E-state index is 12.3. The van der Waals surface area contributed by atoms with E-state index in [0.717, 1.165) is 27.6 Å². The SMILES string of the molecule is COc1ccc([C@@]2(C)OC(=O)c3ccccc32)c2ccccc12. The largest absolute Gasteiger partial charge is 0.496 e. The summed E-state index contributed by atoms with van der Waals surface area (Å²) < 4.78 is 11.3. The summed E-state index contributed by atoms with van der Waals surface area (Å²) in [5, 5.41) is 2.04. The topological polar surface area (TPSA) is 35.5 Å². The summed E-state index contributed by atoms with van der Waals surface area (Å²) in [7, 11) is 1.66. The number of esters is 1. The molecule has 1 heterocycles. The van der Waals surface area contributed by atoms with E-state index in [9.17, 15) is 4.79 Å². The van der Waals surface area contributed by atoms with E-state index < -0.39 is 5.60 Å². The van der Waals surface area contributed by atoms with Crippen LogP contribution in [0.4, 0.5) is 0 Å². The summed E-state index contributed by atoms with van der Waals surface area (Å²) >= 11 is 0. The third-order valence-corrected chi connectivity index (χ3v) is 4.58.